The summed E-state index contributed by atoms with van der Waals surface area (Å²) < 4.78 is 78.0. The van der Waals surface area contributed by atoms with Crippen molar-refractivity contribution in [3.8, 4) is 22.8 Å². The van der Waals surface area contributed by atoms with Crippen molar-refractivity contribution >= 4 is 107 Å². The van der Waals surface area contributed by atoms with Gasteiger partial charge in [-0.05, 0) is 72.8 Å². The van der Waals surface area contributed by atoms with Gasteiger partial charge in [-0.3, -0.25) is 29.7 Å². The maximum atomic E-state index is 11.7. The Labute approximate surface area is 412 Å². The van der Waals surface area contributed by atoms with E-state index in [2.05, 4.69) is 40.4 Å². The molecule has 0 saturated heterocycles. The van der Waals surface area contributed by atoms with E-state index < -0.39 is 14.5 Å². The van der Waals surface area contributed by atoms with Crippen LogP contribution in [0.4, 0.5) is 34.5 Å². The van der Waals surface area contributed by atoms with Crippen molar-refractivity contribution in [3.63, 3.8) is 0 Å². The monoisotopic (exact) mass is 1120 g/mol. The van der Waals surface area contributed by atoms with Crippen molar-refractivity contribution in [1.29, 1.82) is 0 Å². The minimum Gasteiger partial charge on any atom is -0.418 e. The molecule has 6 aromatic heterocycles. The van der Waals surface area contributed by atoms with Gasteiger partial charge in [-0.25, -0.2) is 10.4 Å². The fourth-order valence-corrected chi connectivity index (χ4v) is 3.92. The molecule has 65 heavy (non-hydrogen) atoms. The van der Waals surface area contributed by atoms with Crippen LogP contribution in [0.2, 0.25) is 0 Å². The molecule has 26 heteroatoms. The molecule has 1 N–H and O–H groups in total. The van der Waals surface area contributed by atoms with E-state index in [0.29, 0.717) is 11.4 Å². The summed E-state index contributed by atoms with van der Waals surface area (Å²) in [6, 6.07) is 39.9. The zero-order valence-corrected chi connectivity index (χ0v) is 39.3. The first-order valence-corrected chi connectivity index (χ1v) is 20.6. The largest absolute Gasteiger partial charge is 2.00 e. The van der Waals surface area contributed by atoms with Crippen LogP contribution in [0.15, 0.2) is 163 Å². The van der Waals surface area contributed by atoms with Gasteiger partial charge in [0.15, 0.2) is 0 Å². The third-order valence-corrected chi connectivity index (χ3v) is 6.06. The van der Waals surface area contributed by atoms with Crippen molar-refractivity contribution in [1.82, 2.24) is 35.3 Å². The number of hydrazone groups is 1. The maximum Gasteiger partial charge on any atom is 2.00 e. The standard InChI is InChI=1S/C16H12N4O.2C10H8N2.3CH2Cl2.2BF4.Ru/c21-16(15-7-3-4-10-17-15)20-18-11-13-9-8-12-5-1-2-6-14(12)19-13;2*1-3-7-11-9(5-1)10-6-2-4-8-12-10;3*2-1-3;2*2-1(3,4)5;/h1-11H,(H,20,21);2*1-8H;3*1H2;;;/q;;;;;;2*-1;+2/b18-11-;;;;;;;;. The molecule has 1 aromatic carbocycles. The molecule has 0 fully saturated rings. The number of amides is 1. The van der Waals surface area contributed by atoms with Crippen molar-refractivity contribution in [2.75, 3.05) is 16.0 Å². The van der Waals surface area contributed by atoms with Gasteiger partial charge in [0.25, 0.3) is 5.91 Å². The van der Waals surface area contributed by atoms with Gasteiger partial charge in [-0.15, -0.1) is 69.6 Å². The number of hydrogen-bond acceptors (Lipinski definition) is 8. The van der Waals surface area contributed by atoms with Crippen LogP contribution in [0.3, 0.4) is 0 Å². The summed E-state index contributed by atoms with van der Waals surface area (Å²) >= 11 is 28.6. The molecule has 0 aliphatic rings. The second kappa shape index (κ2) is 38.7. The van der Waals surface area contributed by atoms with Gasteiger partial charge in [0.05, 0.1) is 56.2 Å². The van der Waals surface area contributed by atoms with E-state index in [1.54, 1.807) is 49.2 Å². The van der Waals surface area contributed by atoms with Gasteiger partial charge in [-0.1, -0.05) is 54.6 Å². The van der Waals surface area contributed by atoms with Gasteiger partial charge in [-0.2, -0.15) is 5.10 Å². The molecule has 0 aliphatic heterocycles. The minimum atomic E-state index is -6.00. The van der Waals surface area contributed by atoms with Crippen molar-refractivity contribution in [2.24, 2.45) is 5.10 Å². The number of benzene rings is 1. The number of pyridine rings is 6. The molecule has 9 nitrogen and oxygen atoms in total. The molecule has 0 atom stereocenters. The second-order valence-corrected chi connectivity index (χ2v) is 12.9. The van der Waals surface area contributed by atoms with Crippen LogP contribution in [0.25, 0.3) is 33.7 Å². The molecule has 0 aliphatic carbocycles. The fourth-order valence-electron chi connectivity index (χ4n) is 3.92. The number of aromatic nitrogens is 6. The number of nitrogens with one attached hydrogen (secondary N) is 1. The summed E-state index contributed by atoms with van der Waals surface area (Å²) in [5.74, 6) is -0.354. The van der Waals surface area contributed by atoms with Crippen LogP contribution in [0.5, 0.6) is 0 Å². The number of halogens is 14. The Hall–Kier alpha value is -4.55. The van der Waals surface area contributed by atoms with Crippen LogP contribution in [-0.2, 0) is 19.5 Å². The average Bonchev–Trinajstić information content (AvgIpc) is 3.28. The molecular weight excluding hydrogens is 1080 g/mol. The summed E-state index contributed by atoms with van der Waals surface area (Å²) in [5, 5.41) is 5.54. The van der Waals surface area contributed by atoms with E-state index in [4.69, 9.17) is 69.6 Å². The first-order valence-electron chi connectivity index (χ1n) is 17.4. The molecule has 0 unspecified atom stereocenters. The first-order chi connectivity index (χ1) is 30.5. The van der Waals surface area contributed by atoms with E-state index in [0.717, 1.165) is 33.7 Å². The molecule has 7 aromatic rings. The van der Waals surface area contributed by atoms with Crippen LogP contribution in [0.1, 0.15) is 16.2 Å². The van der Waals surface area contributed by atoms with Crippen molar-refractivity contribution in [3.05, 3.63) is 170 Å². The number of carbonyl (C=O) groups is 1. The van der Waals surface area contributed by atoms with Crippen molar-refractivity contribution < 1.29 is 58.8 Å². The van der Waals surface area contributed by atoms with Crippen molar-refractivity contribution in [2.45, 2.75) is 0 Å². The number of para-hydroxylation sites is 1. The first kappa shape index (κ1) is 62.5. The molecule has 348 valence electrons. The van der Waals surface area contributed by atoms with Crippen LogP contribution >= 0.6 is 69.6 Å². The summed E-state index contributed by atoms with van der Waals surface area (Å²) in [7, 11) is -12.0. The molecule has 0 radical (unpaired) electrons. The van der Waals surface area contributed by atoms with E-state index in [9.17, 15) is 39.3 Å². The summed E-state index contributed by atoms with van der Waals surface area (Å²) in [4.78, 5) is 36.9. The molecule has 0 bridgehead atoms. The Balaban J connectivity index is 0. The number of fused-ring (bicyclic) bond motifs is 1. The molecular formula is C39H34B2Cl6F8N8ORu. The molecule has 0 spiro atoms. The zero-order chi connectivity index (χ0) is 48.1. The number of carbonyl (C=O) groups excluding carboxylic acids is 1. The Morgan fingerprint density at radius 2 is 0.815 bits per heavy atom. The topological polar surface area (TPSA) is 119 Å². The SMILES string of the molecule is ClCCl.ClCCl.ClCCl.F[B-](F)(F)F.F[B-](F)(F)F.O=C(N/N=C\c1ccc2ccccc2n1)c1ccccn1.[Ru+2].c1ccc(-c2ccccn2)nc1.c1ccc(-c2ccccn2)nc1. The summed E-state index contributed by atoms with van der Waals surface area (Å²) in [6.45, 7) is 0. The third-order valence-electron chi connectivity index (χ3n) is 6.06. The predicted octanol–water partition coefficient (Wildman–Crippen LogP) is 13.5. The molecule has 7 rings (SSSR count). The summed E-state index contributed by atoms with van der Waals surface area (Å²) in [6.07, 6.45) is 10.1. The number of rotatable bonds is 5. The number of nitrogens with zero attached hydrogens (tertiary/aromatic N) is 7. The van der Waals surface area contributed by atoms with E-state index in [1.807, 2.05) is 109 Å². The Morgan fingerprint density at radius 1 is 0.492 bits per heavy atom. The van der Waals surface area contributed by atoms with Gasteiger partial charge >= 0.3 is 34.0 Å². The Kier molecular flexibility index (Phi) is 37.2. The third kappa shape index (κ3) is 36.4. The van der Waals surface area contributed by atoms with E-state index in [1.165, 1.54) is 6.21 Å². The Morgan fingerprint density at radius 3 is 1.14 bits per heavy atom. The smallest absolute Gasteiger partial charge is 0.418 e. The quantitative estimate of drug-likeness (QED) is 0.0599. The van der Waals surface area contributed by atoms with Gasteiger partial charge in [0, 0.05) is 36.4 Å². The minimum absolute atomic E-state index is 0. The fraction of sp³-hybridized carbons (Fsp3) is 0.0769. The van der Waals surface area contributed by atoms with Crippen LogP contribution in [-0.4, -0.2) is 72.6 Å². The maximum absolute atomic E-state index is 11.7. The van der Waals surface area contributed by atoms with Gasteiger partial charge in [0.1, 0.15) is 5.69 Å². The normalized spacial score (nSPS) is 9.75. The number of hydrogen-bond donors (Lipinski definition) is 1. The van der Waals surface area contributed by atoms with E-state index in [-0.39, 0.29) is 41.4 Å². The predicted molar refractivity (Wildman–Crippen MR) is 246 cm³/mol. The average molecular weight is 1120 g/mol. The van der Waals surface area contributed by atoms with Crippen LogP contribution in [0, 0.1) is 0 Å². The Bertz CT molecular complexity index is 2070. The van der Waals surface area contributed by atoms with Crippen LogP contribution < -0.4 is 5.43 Å². The van der Waals surface area contributed by atoms with Gasteiger partial charge < -0.3 is 34.5 Å². The van der Waals surface area contributed by atoms with E-state index >= 15 is 0 Å². The second-order valence-electron chi connectivity index (χ2n) is 10.5. The zero-order valence-electron chi connectivity index (χ0n) is 33.0. The molecule has 1 amide bonds. The number of alkyl halides is 6. The molecule has 0 saturated carbocycles. The summed E-state index contributed by atoms with van der Waals surface area (Å²) in [5.41, 5.74) is 7.97. The van der Waals surface area contributed by atoms with Gasteiger partial charge in [0.2, 0.25) is 0 Å². The molecule has 6 heterocycles.